The van der Waals surface area contributed by atoms with Crippen LogP contribution in [0.5, 0.6) is 5.75 Å². The van der Waals surface area contributed by atoms with Gasteiger partial charge in [0.2, 0.25) is 5.91 Å². The number of rotatable bonds is 7. The molecular formula is C22H28FNO2. The summed E-state index contributed by atoms with van der Waals surface area (Å²) in [5.74, 6) is 0.952. The maximum Gasteiger partial charge on any atom is 0.220 e. The van der Waals surface area contributed by atoms with E-state index in [9.17, 15) is 9.18 Å². The van der Waals surface area contributed by atoms with E-state index in [1.165, 1.54) is 12.1 Å². The van der Waals surface area contributed by atoms with Gasteiger partial charge in [-0.25, -0.2) is 4.39 Å². The second-order valence-corrected chi connectivity index (χ2v) is 7.02. The summed E-state index contributed by atoms with van der Waals surface area (Å²) in [5.41, 5.74) is 4.29. The fourth-order valence-corrected chi connectivity index (χ4v) is 3.11. The molecule has 0 aliphatic carbocycles. The minimum Gasteiger partial charge on any atom is -0.496 e. The van der Waals surface area contributed by atoms with Gasteiger partial charge in [0.05, 0.1) is 13.2 Å². The Morgan fingerprint density at radius 2 is 1.77 bits per heavy atom. The SMILES string of the molecule is COc1cc(C)c(C(C)NC(=O)CCc2ccc(F)cc2)cc1C(C)C. The van der Waals surface area contributed by atoms with E-state index in [0.717, 1.165) is 28.0 Å². The number of hydrogen-bond donors (Lipinski definition) is 1. The highest BCUT2D eigenvalue weighted by atomic mass is 19.1. The summed E-state index contributed by atoms with van der Waals surface area (Å²) in [6.07, 6.45) is 0.972. The van der Waals surface area contributed by atoms with Crippen LogP contribution < -0.4 is 10.1 Å². The third-order valence-corrected chi connectivity index (χ3v) is 4.64. The first-order valence-electron chi connectivity index (χ1n) is 9.04. The van der Waals surface area contributed by atoms with Gasteiger partial charge in [0, 0.05) is 6.42 Å². The van der Waals surface area contributed by atoms with Gasteiger partial charge in [-0.15, -0.1) is 0 Å². The Bertz CT molecular complexity index is 753. The molecular weight excluding hydrogens is 329 g/mol. The van der Waals surface area contributed by atoms with Crippen molar-refractivity contribution in [2.75, 3.05) is 7.11 Å². The van der Waals surface area contributed by atoms with Crippen LogP contribution in [-0.4, -0.2) is 13.0 Å². The highest BCUT2D eigenvalue weighted by molar-refractivity contribution is 5.76. The molecule has 0 aliphatic heterocycles. The molecule has 2 aromatic rings. The molecule has 1 N–H and O–H groups in total. The molecule has 0 spiro atoms. The smallest absolute Gasteiger partial charge is 0.220 e. The summed E-state index contributed by atoms with van der Waals surface area (Å²) in [7, 11) is 1.68. The van der Waals surface area contributed by atoms with Crippen LogP contribution in [0.25, 0.3) is 0 Å². The van der Waals surface area contributed by atoms with E-state index in [-0.39, 0.29) is 17.8 Å². The normalized spacial score (nSPS) is 12.1. The molecule has 4 heteroatoms. The van der Waals surface area contributed by atoms with Crippen molar-refractivity contribution < 1.29 is 13.9 Å². The molecule has 1 amide bonds. The van der Waals surface area contributed by atoms with Gasteiger partial charge in [-0.05, 0) is 72.7 Å². The number of ether oxygens (including phenoxy) is 1. The van der Waals surface area contributed by atoms with Crippen LogP contribution in [0.15, 0.2) is 36.4 Å². The molecule has 0 bridgehead atoms. The quantitative estimate of drug-likeness (QED) is 0.751. The van der Waals surface area contributed by atoms with Crippen molar-refractivity contribution in [3.63, 3.8) is 0 Å². The largest absolute Gasteiger partial charge is 0.496 e. The Hall–Kier alpha value is -2.36. The van der Waals surface area contributed by atoms with E-state index in [1.54, 1.807) is 19.2 Å². The van der Waals surface area contributed by atoms with Crippen LogP contribution in [0.3, 0.4) is 0 Å². The van der Waals surface area contributed by atoms with Gasteiger partial charge in [0.25, 0.3) is 0 Å². The molecule has 3 nitrogen and oxygen atoms in total. The lowest BCUT2D eigenvalue weighted by atomic mass is 9.93. The van der Waals surface area contributed by atoms with Gasteiger partial charge in [-0.1, -0.05) is 26.0 Å². The van der Waals surface area contributed by atoms with E-state index in [4.69, 9.17) is 4.74 Å². The molecule has 2 aromatic carbocycles. The fraction of sp³-hybridized carbons (Fsp3) is 0.409. The van der Waals surface area contributed by atoms with Gasteiger partial charge in [-0.3, -0.25) is 4.79 Å². The van der Waals surface area contributed by atoms with Crippen molar-refractivity contribution in [2.45, 2.75) is 52.5 Å². The Morgan fingerprint density at radius 3 is 2.35 bits per heavy atom. The highest BCUT2D eigenvalue weighted by Gasteiger charge is 2.16. The van der Waals surface area contributed by atoms with Crippen molar-refractivity contribution in [3.8, 4) is 5.75 Å². The Balaban J connectivity index is 2.04. The van der Waals surface area contributed by atoms with Crippen LogP contribution in [0.4, 0.5) is 4.39 Å². The lowest BCUT2D eigenvalue weighted by Gasteiger charge is -2.21. The zero-order valence-electron chi connectivity index (χ0n) is 16.2. The first-order valence-corrected chi connectivity index (χ1v) is 9.04. The van der Waals surface area contributed by atoms with Crippen molar-refractivity contribution in [2.24, 2.45) is 0 Å². The summed E-state index contributed by atoms with van der Waals surface area (Å²) < 4.78 is 18.4. The van der Waals surface area contributed by atoms with E-state index in [2.05, 4.69) is 25.2 Å². The van der Waals surface area contributed by atoms with Crippen LogP contribution in [-0.2, 0) is 11.2 Å². The molecule has 140 valence electrons. The van der Waals surface area contributed by atoms with Crippen LogP contribution >= 0.6 is 0 Å². The molecule has 2 rings (SSSR count). The number of carbonyl (C=O) groups excluding carboxylic acids is 1. The Morgan fingerprint density at radius 1 is 1.12 bits per heavy atom. The predicted molar refractivity (Wildman–Crippen MR) is 103 cm³/mol. The molecule has 1 unspecified atom stereocenters. The standard InChI is InChI=1S/C22H28FNO2/c1-14(2)19-13-20(15(3)12-21(19)26-5)16(4)24-22(25)11-8-17-6-9-18(23)10-7-17/h6-7,9-10,12-14,16H,8,11H2,1-5H3,(H,24,25). The van der Waals surface area contributed by atoms with E-state index >= 15 is 0 Å². The van der Waals surface area contributed by atoms with E-state index < -0.39 is 0 Å². The molecule has 0 heterocycles. The topological polar surface area (TPSA) is 38.3 Å². The zero-order valence-corrected chi connectivity index (χ0v) is 16.2. The average molecular weight is 357 g/mol. The summed E-state index contributed by atoms with van der Waals surface area (Å²) in [6, 6.07) is 10.4. The second kappa shape index (κ2) is 8.84. The zero-order chi connectivity index (χ0) is 19.3. The third-order valence-electron chi connectivity index (χ3n) is 4.64. The highest BCUT2D eigenvalue weighted by Crippen LogP contribution is 2.32. The molecule has 1 atom stereocenters. The molecule has 0 aromatic heterocycles. The molecule has 0 radical (unpaired) electrons. The molecule has 0 saturated carbocycles. The summed E-state index contributed by atoms with van der Waals surface area (Å²) in [6.45, 7) is 8.28. The van der Waals surface area contributed by atoms with Crippen molar-refractivity contribution in [1.82, 2.24) is 5.32 Å². The van der Waals surface area contributed by atoms with Gasteiger partial charge in [0.1, 0.15) is 11.6 Å². The summed E-state index contributed by atoms with van der Waals surface area (Å²) in [4.78, 5) is 12.3. The number of nitrogens with one attached hydrogen (secondary N) is 1. The number of amides is 1. The third kappa shape index (κ3) is 5.07. The molecule has 0 saturated heterocycles. The van der Waals surface area contributed by atoms with Crippen molar-refractivity contribution in [3.05, 3.63) is 64.5 Å². The predicted octanol–water partition coefficient (Wildman–Crippen LogP) is 5.08. The van der Waals surface area contributed by atoms with E-state index in [1.807, 2.05) is 19.9 Å². The fourth-order valence-electron chi connectivity index (χ4n) is 3.11. The maximum absolute atomic E-state index is 12.9. The molecule has 0 aliphatic rings. The number of carbonyl (C=O) groups is 1. The Kier molecular flexibility index (Phi) is 6.78. The van der Waals surface area contributed by atoms with Gasteiger partial charge in [-0.2, -0.15) is 0 Å². The van der Waals surface area contributed by atoms with Crippen LogP contribution in [0.2, 0.25) is 0 Å². The first-order chi connectivity index (χ1) is 12.3. The van der Waals surface area contributed by atoms with Gasteiger partial charge >= 0.3 is 0 Å². The summed E-state index contributed by atoms with van der Waals surface area (Å²) >= 11 is 0. The lowest BCUT2D eigenvalue weighted by molar-refractivity contribution is -0.121. The summed E-state index contributed by atoms with van der Waals surface area (Å²) in [5, 5.41) is 3.07. The molecule has 26 heavy (non-hydrogen) atoms. The van der Waals surface area contributed by atoms with Crippen LogP contribution in [0, 0.1) is 12.7 Å². The van der Waals surface area contributed by atoms with Crippen molar-refractivity contribution >= 4 is 5.91 Å². The van der Waals surface area contributed by atoms with Crippen LogP contribution in [0.1, 0.15) is 61.4 Å². The number of methoxy groups -OCH3 is 1. The van der Waals surface area contributed by atoms with E-state index in [0.29, 0.717) is 18.8 Å². The minimum absolute atomic E-state index is 0.0110. The number of benzene rings is 2. The first kappa shape index (κ1) is 20.0. The minimum atomic E-state index is -0.261. The lowest BCUT2D eigenvalue weighted by Crippen LogP contribution is -2.27. The van der Waals surface area contributed by atoms with Gasteiger partial charge in [0.15, 0.2) is 0 Å². The number of halogens is 1. The average Bonchev–Trinajstić information content (AvgIpc) is 2.60. The van der Waals surface area contributed by atoms with Crippen molar-refractivity contribution in [1.29, 1.82) is 0 Å². The maximum atomic E-state index is 12.9. The molecule has 0 fully saturated rings. The second-order valence-electron chi connectivity index (χ2n) is 7.02. The monoisotopic (exact) mass is 357 g/mol. The van der Waals surface area contributed by atoms with Gasteiger partial charge < -0.3 is 10.1 Å². The number of aryl methyl sites for hydroxylation is 2. The number of hydrogen-bond acceptors (Lipinski definition) is 2. The Labute approximate surface area is 155 Å².